The zero-order chi connectivity index (χ0) is 13.5. The maximum absolute atomic E-state index is 3.65. The van der Waals surface area contributed by atoms with Crippen molar-refractivity contribution in [2.24, 2.45) is 5.92 Å². The number of anilines is 1. The Labute approximate surface area is 112 Å². The molecule has 0 heterocycles. The molecule has 1 N–H and O–H groups in total. The maximum Gasteiger partial charge on any atom is 0.0361 e. The molecule has 1 rings (SSSR count). The van der Waals surface area contributed by atoms with Gasteiger partial charge in [-0.25, -0.2) is 0 Å². The van der Waals surface area contributed by atoms with Gasteiger partial charge in [0, 0.05) is 25.8 Å². The average molecular weight is 248 g/mol. The standard InChI is InChI=1S/C16H28N2/c1-6-11-17-16(12-13(2)3)14-7-9-15(10-8-14)18(4)5/h7-10,13,16-17H,6,11-12H2,1-5H3. The van der Waals surface area contributed by atoms with Gasteiger partial charge in [0.2, 0.25) is 0 Å². The lowest BCUT2D eigenvalue weighted by Crippen LogP contribution is -2.23. The molecule has 0 aliphatic carbocycles. The van der Waals surface area contributed by atoms with Crippen LogP contribution in [0.1, 0.15) is 45.2 Å². The minimum Gasteiger partial charge on any atom is -0.378 e. The molecule has 1 aromatic rings. The highest BCUT2D eigenvalue weighted by molar-refractivity contribution is 5.46. The van der Waals surface area contributed by atoms with E-state index < -0.39 is 0 Å². The number of hydrogen-bond donors (Lipinski definition) is 1. The molecule has 0 radical (unpaired) electrons. The largest absolute Gasteiger partial charge is 0.378 e. The van der Waals surface area contributed by atoms with Crippen molar-refractivity contribution in [3.8, 4) is 0 Å². The summed E-state index contributed by atoms with van der Waals surface area (Å²) < 4.78 is 0. The van der Waals surface area contributed by atoms with E-state index >= 15 is 0 Å². The van der Waals surface area contributed by atoms with E-state index in [1.807, 2.05) is 0 Å². The molecule has 1 unspecified atom stereocenters. The van der Waals surface area contributed by atoms with Gasteiger partial charge in [0.25, 0.3) is 0 Å². The fraction of sp³-hybridized carbons (Fsp3) is 0.625. The molecular weight excluding hydrogens is 220 g/mol. The van der Waals surface area contributed by atoms with E-state index in [1.54, 1.807) is 0 Å². The van der Waals surface area contributed by atoms with Crippen LogP contribution >= 0.6 is 0 Å². The summed E-state index contributed by atoms with van der Waals surface area (Å²) in [5.74, 6) is 0.716. The zero-order valence-corrected chi connectivity index (χ0v) is 12.5. The summed E-state index contributed by atoms with van der Waals surface area (Å²) in [5, 5.41) is 3.65. The number of hydrogen-bond acceptors (Lipinski definition) is 2. The van der Waals surface area contributed by atoms with Gasteiger partial charge in [-0.15, -0.1) is 0 Å². The first kappa shape index (κ1) is 15.0. The normalized spacial score (nSPS) is 12.8. The van der Waals surface area contributed by atoms with Crippen LogP contribution in [0, 0.1) is 5.92 Å². The molecule has 0 fully saturated rings. The van der Waals surface area contributed by atoms with Gasteiger partial charge < -0.3 is 10.2 Å². The summed E-state index contributed by atoms with van der Waals surface area (Å²) in [4.78, 5) is 2.14. The fourth-order valence-electron chi connectivity index (χ4n) is 2.13. The van der Waals surface area contributed by atoms with Crippen molar-refractivity contribution in [3.05, 3.63) is 29.8 Å². The summed E-state index contributed by atoms with van der Waals surface area (Å²) in [6, 6.07) is 9.41. The van der Waals surface area contributed by atoms with Crippen LogP contribution in [0.2, 0.25) is 0 Å². The first-order valence-electron chi connectivity index (χ1n) is 7.05. The first-order valence-corrected chi connectivity index (χ1v) is 7.05. The van der Waals surface area contributed by atoms with E-state index in [2.05, 4.69) is 69.3 Å². The van der Waals surface area contributed by atoms with Crippen molar-refractivity contribution in [1.29, 1.82) is 0 Å². The van der Waals surface area contributed by atoms with E-state index in [0.29, 0.717) is 12.0 Å². The lowest BCUT2D eigenvalue weighted by Gasteiger charge is -2.22. The van der Waals surface area contributed by atoms with Crippen molar-refractivity contribution in [2.45, 2.75) is 39.7 Å². The lowest BCUT2D eigenvalue weighted by atomic mass is 9.96. The fourth-order valence-corrected chi connectivity index (χ4v) is 2.13. The Morgan fingerprint density at radius 3 is 2.17 bits per heavy atom. The molecule has 1 atom stereocenters. The lowest BCUT2D eigenvalue weighted by molar-refractivity contribution is 0.430. The highest BCUT2D eigenvalue weighted by Gasteiger charge is 2.12. The van der Waals surface area contributed by atoms with Crippen LogP contribution in [0.5, 0.6) is 0 Å². The van der Waals surface area contributed by atoms with Crippen molar-refractivity contribution in [2.75, 3.05) is 25.5 Å². The highest BCUT2D eigenvalue weighted by atomic mass is 15.1. The molecule has 18 heavy (non-hydrogen) atoms. The second-order valence-corrected chi connectivity index (χ2v) is 5.62. The maximum atomic E-state index is 3.65. The van der Waals surface area contributed by atoms with E-state index in [4.69, 9.17) is 0 Å². The van der Waals surface area contributed by atoms with E-state index in [0.717, 1.165) is 6.54 Å². The number of nitrogens with zero attached hydrogens (tertiary/aromatic N) is 1. The van der Waals surface area contributed by atoms with Crippen LogP contribution in [0.4, 0.5) is 5.69 Å². The van der Waals surface area contributed by atoms with E-state index in [9.17, 15) is 0 Å². The van der Waals surface area contributed by atoms with Crippen LogP contribution in [-0.4, -0.2) is 20.6 Å². The Morgan fingerprint density at radius 2 is 1.72 bits per heavy atom. The van der Waals surface area contributed by atoms with Gasteiger partial charge in [-0.05, 0) is 43.0 Å². The van der Waals surface area contributed by atoms with Gasteiger partial charge in [0.15, 0.2) is 0 Å². The third-order valence-corrected chi connectivity index (χ3v) is 3.16. The van der Waals surface area contributed by atoms with Crippen LogP contribution in [0.3, 0.4) is 0 Å². The monoisotopic (exact) mass is 248 g/mol. The molecule has 0 saturated carbocycles. The molecule has 2 heteroatoms. The summed E-state index contributed by atoms with van der Waals surface area (Å²) >= 11 is 0. The second-order valence-electron chi connectivity index (χ2n) is 5.62. The predicted octanol–water partition coefficient (Wildman–Crippen LogP) is 3.84. The number of benzene rings is 1. The quantitative estimate of drug-likeness (QED) is 0.788. The number of nitrogens with one attached hydrogen (secondary N) is 1. The summed E-state index contributed by atoms with van der Waals surface area (Å²) in [5.41, 5.74) is 2.67. The van der Waals surface area contributed by atoms with Crippen LogP contribution < -0.4 is 10.2 Å². The molecule has 0 aromatic heterocycles. The minimum atomic E-state index is 0.487. The minimum absolute atomic E-state index is 0.487. The Hall–Kier alpha value is -1.02. The summed E-state index contributed by atoms with van der Waals surface area (Å²) in [6.45, 7) is 7.88. The van der Waals surface area contributed by atoms with Gasteiger partial charge >= 0.3 is 0 Å². The molecule has 0 amide bonds. The Morgan fingerprint density at radius 1 is 1.11 bits per heavy atom. The third kappa shape index (κ3) is 4.69. The molecule has 0 saturated heterocycles. The molecular formula is C16H28N2. The van der Waals surface area contributed by atoms with Crippen molar-refractivity contribution >= 4 is 5.69 Å². The summed E-state index contributed by atoms with van der Waals surface area (Å²) in [7, 11) is 4.16. The van der Waals surface area contributed by atoms with E-state index in [1.165, 1.54) is 24.1 Å². The molecule has 102 valence electrons. The van der Waals surface area contributed by atoms with E-state index in [-0.39, 0.29) is 0 Å². The zero-order valence-electron chi connectivity index (χ0n) is 12.5. The van der Waals surface area contributed by atoms with Crippen LogP contribution in [0.25, 0.3) is 0 Å². The van der Waals surface area contributed by atoms with Crippen LogP contribution in [-0.2, 0) is 0 Å². The van der Waals surface area contributed by atoms with Gasteiger partial charge in [-0.3, -0.25) is 0 Å². The van der Waals surface area contributed by atoms with Crippen molar-refractivity contribution in [1.82, 2.24) is 5.32 Å². The topological polar surface area (TPSA) is 15.3 Å². The van der Waals surface area contributed by atoms with Crippen molar-refractivity contribution in [3.63, 3.8) is 0 Å². The average Bonchev–Trinajstić information content (AvgIpc) is 2.34. The molecule has 1 aromatic carbocycles. The van der Waals surface area contributed by atoms with Gasteiger partial charge in [0.1, 0.15) is 0 Å². The molecule has 2 nitrogen and oxygen atoms in total. The molecule has 0 spiro atoms. The third-order valence-electron chi connectivity index (χ3n) is 3.16. The van der Waals surface area contributed by atoms with Crippen molar-refractivity contribution < 1.29 is 0 Å². The predicted molar refractivity (Wildman–Crippen MR) is 81.3 cm³/mol. The number of rotatable bonds is 7. The van der Waals surface area contributed by atoms with Gasteiger partial charge in [0.05, 0.1) is 0 Å². The smallest absolute Gasteiger partial charge is 0.0361 e. The SMILES string of the molecule is CCCNC(CC(C)C)c1ccc(N(C)C)cc1. The Bertz CT molecular complexity index is 327. The van der Waals surface area contributed by atoms with Gasteiger partial charge in [-0.1, -0.05) is 32.9 Å². The molecule has 0 bridgehead atoms. The highest BCUT2D eigenvalue weighted by Crippen LogP contribution is 2.23. The molecule has 0 aliphatic heterocycles. The summed E-state index contributed by atoms with van der Waals surface area (Å²) in [6.07, 6.45) is 2.38. The van der Waals surface area contributed by atoms with Gasteiger partial charge in [-0.2, -0.15) is 0 Å². The van der Waals surface area contributed by atoms with Crippen LogP contribution in [0.15, 0.2) is 24.3 Å². The Balaban J connectivity index is 2.77. The Kier molecular flexibility index (Phi) is 6.20. The second kappa shape index (κ2) is 7.42. The first-order chi connectivity index (χ1) is 8.54. The molecule has 0 aliphatic rings.